The maximum absolute atomic E-state index is 8.85. The van der Waals surface area contributed by atoms with Gasteiger partial charge < -0.3 is 5.32 Å². The third kappa shape index (κ3) is 2.47. The second-order valence-corrected chi connectivity index (χ2v) is 4.21. The quantitative estimate of drug-likeness (QED) is 0.813. The number of pyridine rings is 1. The Morgan fingerprint density at radius 2 is 2.47 bits per heavy atom. The number of nitriles is 1. The molecule has 0 aliphatic heterocycles. The number of aromatic nitrogens is 1. The van der Waals surface area contributed by atoms with Crippen LogP contribution in [0.25, 0.3) is 0 Å². The summed E-state index contributed by atoms with van der Waals surface area (Å²) in [5, 5.41) is 12.2. The van der Waals surface area contributed by atoms with Gasteiger partial charge in [-0.25, -0.2) is 4.98 Å². The smallest absolute Gasteiger partial charge is 0.163 e. The highest BCUT2D eigenvalue weighted by Crippen LogP contribution is 2.36. The van der Waals surface area contributed by atoms with E-state index in [1.807, 2.05) is 12.1 Å². The van der Waals surface area contributed by atoms with E-state index < -0.39 is 0 Å². The Bertz CT molecular complexity index is 377. The first-order valence-electron chi connectivity index (χ1n) is 5.40. The van der Waals surface area contributed by atoms with Crippen LogP contribution in [0.4, 0.5) is 5.69 Å². The molecule has 0 spiro atoms. The topological polar surface area (TPSA) is 48.7 Å². The van der Waals surface area contributed by atoms with Crippen molar-refractivity contribution in [1.82, 2.24) is 4.98 Å². The Morgan fingerprint density at radius 1 is 1.67 bits per heavy atom. The van der Waals surface area contributed by atoms with Crippen molar-refractivity contribution in [2.75, 3.05) is 11.9 Å². The number of nitrogens with one attached hydrogen (secondary N) is 1. The first-order chi connectivity index (χ1) is 7.31. The summed E-state index contributed by atoms with van der Waals surface area (Å²) in [5.41, 5.74) is 1.34. The number of anilines is 1. The van der Waals surface area contributed by atoms with Crippen LogP contribution in [0.3, 0.4) is 0 Å². The highest BCUT2D eigenvalue weighted by molar-refractivity contribution is 5.53. The van der Waals surface area contributed by atoms with Crippen LogP contribution in [0, 0.1) is 23.2 Å². The predicted molar refractivity (Wildman–Crippen MR) is 59.3 cm³/mol. The standard InChI is InChI=1S/C12H15N3/c1-9(10-4-5-10)8-15-11-3-2-6-14-12(11)7-13/h2-3,6,9-10,15H,4-5,8H2,1H3. The minimum Gasteiger partial charge on any atom is -0.382 e. The van der Waals surface area contributed by atoms with E-state index in [1.165, 1.54) is 12.8 Å². The molecule has 78 valence electrons. The van der Waals surface area contributed by atoms with Crippen molar-refractivity contribution in [3.05, 3.63) is 24.0 Å². The molecule has 3 nitrogen and oxygen atoms in total. The van der Waals surface area contributed by atoms with E-state index in [0.717, 1.165) is 18.2 Å². The predicted octanol–water partition coefficient (Wildman–Crippen LogP) is 2.41. The van der Waals surface area contributed by atoms with E-state index in [9.17, 15) is 0 Å². The van der Waals surface area contributed by atoms with Gasteiger partial charge in [-0.2, -0.15) is 5.26 Å². The van der Waals surface area contributed by atoms with Crippen LogP contribution in [-0.4, -0.2) is 11.5 Å². The molecule has 1 aliphatic rings. The van der Waals surface area contributed by atoms with Crippen molar-refractivity contribution in [2.24, 2.45) is 11.8 Å². The van der Waals surface area contributed by atoms with Gasteiger partial charge in [-0.05, 0) is 36.8 Å². The summed E-state index contributed by atoms with van der Waals surface area (Å²) in [6.07, 6.45) is 4.37. The Kier molecular flexibility index (Phi) is 2.86. The molecule has 1 N–H and O–H groups in total. The van der Waals surface area contributed by atoms with Gasteiger partial charge in [0.25, 0.3) is 0 Å². The molecule has 1 heterocycles. The summed E-state index contributed by atoms with van der Waals surface area (Å²) < 4.78 is 0. The maximum atomic E-state index is 8.85. The fraction of sp³-hybridized carbons (Fsp3) is 0.500. The second kappa shape index (κ2) is 4.31. The van der Waals surface area contributed by atoms with E-state index in [0.29, 0.717) is 11.6 Å². The van der Waals surface area contributed by atoms with Crippen molar-refractivity contribution in [3.63, 3.8) is 0 Å². The lowest BCUT2D eigenvalue weighted by Crippen LogP contribution is -2.13. The SMILES string of the molecule is CC(CNc1cccnc1C#N)C1CC1. The van der Waals surface area contributed by atoms with Gasteiger partial charge in [0.15, 0.2) is 5.69 Å². The van der Waals surface area contributed by atoms with Gasteiger partial charge in [0.05, 0.1) is 5.69 Å². The molecule has 0 bridgehead atoms. The Labute approximate surface area is 90.1 Å². The summed E-state index contributed by atoms with van der Waals surface area (Å²) in [6, 6.07) is 5.85. The van der Waals surface area contributed by atoms with Crippen LogP contribution >= 0.6 is 0 Å². The molecule has 1 aromatic rings. The van der Waals surface area contributed by atoms with Crippen LogP contribution in [0.1, 0.15) is 25.5 Å². The van der Waals surface area contributed by atoms with Crippen molar-refractivity contribution in [3.8, 4) is 6.07 Å². The second-order valence-electron chi connectivity index (χ2n) is 4.21. The molecule has 0 radical (unpaired) electrons. The lowest BCUT2D eigenvalue weighted by Gasteiger charge is -2.12. The summed E-state index contributed by atoms with van der Waals surface area (Å²) in [5.74, 6) is 1.58. The molecule has 3 heteroatoms. The van der Waals surface area contributed by atoms with Crippen molar-refractivity contribution in [1.29, 1.82) is 5.26 Å². The van der Waals surface area contributed by atoms with Crippen LogP contribution < -0.4 is 5.32 Å². The van der Waals surface area contributed by atoms with Crippen molar-refractivity contribution >= 4 is 5.69 Å². The summed E-state index contributed by atoms with van der Waals surface area (Å²) >= 11 is 0. The molecule has 1 atom stereocenters. The van der Waals surface area contributed by atoms with Crippen LogP contribution in [0.5, 0.6) is 0 Å². The van der Waals surface area contributed by atoms with E-state index >= 15 is 0 Å². The molecule has 0 saturated heterocycles. The van der Waals surface area contributed by atoms with Gasteiger partial charge in [-0.15, -0.1) is 0 Å². The molecule has 1 aliphatic carbocycles. The molecule has 2 rings (SSSR count). The van der Waals surface area contributed by atoms with Crippen LogP contribution in [0.15, 0.2) is 18.3 Å². The molecule has 0 amide bonds. The van der Waals surface area contributed by atoms with Gasteiger partial charge in [-0.1, -0.05) is 6.92 Å². The largest absolute Gasteiger partial charge is 0.382 e. The van der Waals surface area contributed by atoms with E-state index in [1.54, 1.807) is 6.20 Å². The van der Waals surface area contributed by atoms with Gasteiger partial charge >= 0.3 is 0 Å². The highest BCUT2D eigenvalue weighted by Gasteiger charge is 2.27. The lowest BCUT2D eigenvalue weighted by molar-refractivity contribution is 0.536. The Morgan fingerprint density at radius 3 is 3.13 bits per heavy atom. The molecular weight excluding hydrogens is 186 g/mol. The monoisotopic (exact) mass is 201 g/mol. The number of nitrogens with zero attached hydrogens (tertiary/aromatic N) is 2. The summed E-state index contributed by atoms with van der Waals surface area (Å²) in [7, 11) is 0. The zero-order valence-corrected chi connectivity index (χ0v) is 8.90. The van der Waals surface area contributed by atoms with Crippen LogP contribution in [0.2, 0.25) is 0 Å². The normalized spacial score (nSPS) is 16.8. The average molecular weight is 201 g/mol. The first kappa shape index (κ1) is 9.97. The van der Waals surface area contributed by atoms with E-state index in [2.05, 4.69) is 23.3 Å². The molecular formula is C12H15N3. The van der Waals surface area contributed by atoms with Gasteiger partial charge in [0.1, 0.15) is 6.07 Å². The fourth-order valence-electron chi connectivity index (χ4n) is 1.74. The van der Waals surface area contributed by atoms with Crippen LogP contribution in [-0.2, 0) is 0 Å². The first-order valence-corrected chi connectivity index (χ1v) is 5.40. The number of rotatable bonds is 4. The van der Waals surface area contributed by atoms with Crippen molar-refractivity contribution in [2.45, 2.75) is 19.8 Å². The molecule has 1 fully saturated rings. The van der Waals surface area contributed by atoms with Gasteiger partial charge in [-0.3, -0.25) is 0 Å². The molecule has 15 heavy (non-hydrogen) atoms. The average Bonchev–Trinajstić information content (AvgIpc) is 3.10. The molecule has 0 aromatic carbocycles. The summed E-state index contributed by atoms with van der Waals surface area (Å²) in [4.78, 5) is 4.01. The zero-order chi connectivity index (χ0) is 10.7. The molecule has 1 aromatic heterocycles. The van der Waals surface area contributed by atoms with Gasteiger partial charge in [0.2, 0.25) is 0 Å². The fourth-order valence-corrected chi connectivity index (χ4v) is 1.74. The molecule has 1 unspecified atom stereocenters. The molecule has 1 saturated carbocycles. The van der Waals surface area contributed by atoms with E-state index in [4.69, 9.17) is 5.26 Å². The minimum atomic E-state index is 0.487. The Balaban J connectivity index is 1.95. The van der Waals surface area contributed by atoms with Gasteiger partial charge in [0, 0.05) is 12.7 Å². The summed E-state index contributed by atoms with van der Waals surface area (Å²) in [6.45, 7) is 3.19. The number of hydrogen-bond donors (Lipinski definition) is 1. The third-order valence-electron chi connectivity index (χ3n) is 2.95. The third-order valence-corrected chi connectivity index (χ3v) is 2.95. The van der Waals surface area contributed by atoms with Crippen molar-refractivity contribution < 1.29 is 0 Å². The van der Waals surface area contributed by atoms with E-state index in [-0.39, 0.29) is 0 Å². The minimum absolute atomic E-state index is 0.487. The lowest BCUT2D eigenvalue weighted by atomic mass is 10.1. The zero-order valence-electron chi connectivity index (χ0n) is 8.90. The Hall–Kier alpha value is -1.56. The highest BCUT2D eigenvalue weighted by atomic mass is 14.9. The maximum Gasteiger partial charge on any atom is 0.163 e. The number of hydrogen-bond acceptors (Lipinski definition) is 3.